The van der Waals surface area contributed by atoms with Crippen molar-refractivity contribution in [1.82, 2.24) is 20.3 Å². The zero-order valence-electron chi connectivity index (χ0n) is 23.0. The Labute approximate surface area is 243 Å². The number of rotatable bonds is 17. The van der Waals surface area contributed by atoms with E-state index in [0.29, 0.717) is 75.7 Å². The monoisotopic (exact) mass is 574 g/mol. The van der Waals surface area contributed by atoms with Crippen LogP contribution in [0.15, 0.2) is 78.9 Å². The molecule has 4 aromatic rings. The van der Waals surface area contributed by atoms with E-state index in [1.807, 2.05) is 36.4 Å². The minimum atomic E-state index is -0.168. The van der Waals surface area contributed by atoms with Gasteiger partial charge in [0.05, 0.1) is 26.4 Å². The molecule has 12 heteroatoms. The number of hydrogen-bond donors (Lipinski definition) is 5. The first kappa shape index (κ1) is 30.0. The van der Waals surface area contributed by atoms with Crippen LogP contribution in [0.2, 0.25) is 0 Å². The zero-order valence-corrected chi connectivity index (χ0v) is 23.0. The molecule has 0 bridgehead atoms. The lowest BCUT2D eigenvalue weighted by atomic mass is 10.1. The smallest absolute Gasteiger partial charge is 0.328 e. The number of phenols is 2. The normalized spacial score (nSPS) is 10.7. The summed E-state index contributed by atoms with van der Waals surface area (Å²) in [6, 6.07) is 23.0. The molecular formula is C30H34N6O6. The fourth-order valence-electron chi connectivity index (χ4n) is 3.68. The van der Waals surface area contributed by atoms with E-state index in [9.17, 15) is 15.0 Å². The van der Waals surface area contributed by atoms with Gasteiger partial charge in [0.15, 0.2) is 11.5 Å². The van der Waals surface area contributed by atoms with E-state index < -0.39 is 0 Å². The van der Waals surface area contributed by atoms with Crippen LogP contribution >= 0.6 is 0 Å². The van der Waals surface area contributed by atoms with Crippen molar-refractivity contribution in [2.45, 2.75) is 6.42 Å². The Morgan fingerprint density at radius 2 is 1.33 bits per heavy atom. The quantitative estimate of drug-likeness (QED) is 0.0926. The van der Waals surface area contributed by atoms with Gasteiger partial charge >= 0.3 is 6.01 Å². The Bertz CT molecular complexity index is 1390. The third kappa shape index (κ3) is 10.2. The van der Waals surface area contributed by atoms with Gasteiger partial charge in [-0.05, 0) is 48.4 Å². The predicted octanol–water partition coefficient (Wildman–Crippen LogP) is 3.60. The molecule has 0 saturated heterocycles. The van der Waals surface area contributed by atoms with Gasteiger partial charge in [0.2, 0.25) is 11.9 Å². The van der Waals surface area contributed by atoms with E-state index in [1.165, 1.54) is 12.1 Å². The van der Waals surface area contributed by atoms with Gasteiger partial charge in [0, 0.05) is 25.2 Å². The molecule has 1 heterocycles. The molecular weight excluding hydrogens is 540 g/mol. The standard InChI is InChI=1S/C30H34N6O6/c37-25-12-11-22(21-26(25)38)13-14-32-28-34-29(36-30(35-28)42-24-9-5-2-6-10-24)33-16-18-41-20-19-40-17-15-31-27(39)23-7-3-1-4-8-23/h1-12,21,37-38H,13-20H2,(H,31,39)(H2,32,33,34,35,36). The first-order valence-corrected chi connectivity index (χ1v) is 13.5. The van der Waals surface area contributed by atoms with Crippen LogP contribution in [0.25, 0.3) is 0 Å². The maximum absolute atomic E-state index is 12.0. The maximum Gasteiger partial charge on any atom is 0.328 e. The van der Waals surface area contributed by atoms with E-state index in [2.05, 4.69) is 30.9 Å². The second-order valence-corrected chi connectivity index (χ2v) is 8.95. The second kappa shape index (κ2) is 16.4. The van der Waals surface area contributed by atoms with Crippen LogP contribution in [0, 0.1) is 0 Å². The van der Waals surface area contributed by atoms with Gasteiger partial charge in [-0.25, -0.2) is 0 Å². The zero-order chi connectivity index (χ0) is 29.4. The lowest BCUT2D eigenvalue weighted by Crippen LogP contribution is -2.27. The van der Waals surface area contributed by atoms with Crippen molar-refractivity contribution in [3.8, 4) is 23.3 Å². The summed E-state index contributed by atoms with van der Waals surface area (Å²) in [6.45, 7) is 2.89. The fraction of sp³-hybridized carbons (Fsp3) is 0.267. The minimum absolute atomic E-state index is 0.122. The highest BCUT2D eigenvalue weighted by Crippen LogP contribution is 2.25. The average Bonchev–Trinajstić information content (AvgIpc) is 3.00. The van der Waals surface area contributed by atoms with E-state index in [4.69, 9.17) is 14.2 Å². The number of aromatic nitrogens is 3. The Hall–Kier alpha value is -4.94. The molecule has 3 aromatic carbocycles. The van der Waals surface area contributed by atoms with Gasteiger partial charge in [-0.15, -0.1) is 0 Å². The molecule has 5 N–H and O–H groups in total. The minimum Gasteiger partial charge on any atom is -0.504 e. The number of amides is 1. The number of nitrogens with one attached hydrogen (secondary N) is 3. The molecule has 0 aliphatic heterocycles. The number of para-hydroxylation sites is 1. The van der Waals surface area contributed by atoms with Crippen molar-refractivity contribution in [3.63, 3.8) is 0 Å². The van der Waals surface area contributed by atoms with Crippen LogP contribution in [-0.4, -0.2) is 77.1 Å². The molecule has 0 radical (unpaired) electrons. The van der Waals surface area contributed by atoms with Crippen LogP contribution < -0.4 is 20.7 Å². The summed E-state index contributed by atoms with van der Waals surface area (Å²) in [5.41, 5.74) is 1.45. The molecule has 0 saturated carbocycles. The molecule has 4 rings (SSSR count). The second-order valence-electron chi connectivity index (χ2n) is 8.95. The predicted molar refractivity (Wildman–Crippen MR) is 157 cm³/mol. The molecule has 0 unspecified atom stereocenters. The van der Waals surface area contributed by atoms with E-state index in [1.54, 1.807) is 30.3 Å². The summed E-state index contributed by atoms with van der Waals surface area (Å²) in [4.78, 5) is 25.1. The highest BCUT2D eigenvalue weighted by molar-refractivity contribution is 5.94. The Kier molecular flexibility index (Phi) is 11.7. The van der Waals surface area contributed by atoms with E-state index >= 15 is 0 Å². The van der Waals surface area contributed by atoms with Crippen LogP contribution in [0.4, 0.5) is 11.9 Å². The van der Waals surface area contributed by atoms with Gasteiger partial charge in [-0.2, -0.15) is 15.0 Å². The lowest BCUT2D eigenvalue weighted by molar-refractivity contribution is 0.0519. The van der Waals surface area contributed by atoms with Crippen LogP contribution in [0.1, 0.15) is 15.9 Å². The summed E-state index contributed by atoms with van der Waals surface area (Å²) < 4.78 is 16.9. The van der Waals surface area contributed by atoms with Crippen molar-refractivity contribution in [1.29, 1.82) is 0 Å². The van der Waals surface area contributed by atoms with Gasteiger partial charge in [-0.1, -0.05) is 42.5 Å². The molecule has 42 heavy (non-hydrogen) atoms. The molecule has 0 fully saturated rings. The molecule has 220 valence electrons. The van der Waals surface area contributed by atoms with Crippen molar-refractivity contribution < 1.29 is 29.2 Å². The van der Waals surface area contributed by atoms with Crippen LogP contribution in [-0.2, 0) is 15.9 Å². The first-order valence-electron chi connectivity index (χ1n) is 13.5. The summed E-state index contributed by atoms with van der Waals surface area (Å²) >= 11 is 0. The molecule has 1 amide bonds. The van der Waals surface area contributed by atoms with Crippen molar-refractivity contribution in [2.24, 2.45) is 0 Å². The van der Waals surface area contributed by atoms with Gasteiger partial charge in [0.1, 0.15) is 5.75 Å². The average molecular weight is 575 g/mol. The number of carbonyl (C=O) groups is 1. The maximum atomic E-state index is 12.0. The topological polar surface area (TPSA) is 160 Å². The van der Waals surface area contributed by atoms with E-state index in [-0.39, 0.29) is 23.4 Å². The molecule has 0 aliphatic rings. The number of nitrogens with zero attached hydrogens (tertiary/aromatic N) is 3. The summed E-state index contributed by atoms with van der Waals surface area (Å²) in [5.74, 6) is 0.753. The number of anilines is 2. The number of aromatic hydroxyl groups is 2. The highest BCUT2D eigenvalue weighted by atomic mass is 16.5. The first-order chi connectivity index (χ1) is 20.6. The van der Waals surface area contributed by atoms with Crippen molar-refractivity contribution in [3.05, 3.63) is 90.0 Å². The molecule has 0 spiro atoms. The SMILES string of the molecule is O=C(NCCOCCOCCNc1nc(NCCc2ccc(O)c(O)c2)nc(Oc2ccccc2)n1)c1ccccc1. The largest absolute Gasteiger partial charge is 0.504 e. The Balaban J connectivity index is 1.18. The third-order valence-electron chi connectivity index (χ3n) is 5.77. The molecule has 1 aromatic heterocycles. The Morgan fingerprint density at radius 3 is 2.02 bits per heavy atom. The van der Waals surface area contributed by atoms with Crippen molar-refractivity contribution >= 4 is 17.8 Å². The van der Waals surface area contributed by atoms with Gasteiger partial charge < -0.3 is 40.4 Å². The molecule has 0 aliphatic carbocycles. The molecule has 12 nitrogen and oxygen atoms in total. The Morgan fingerprint density at radius 1 is 0.690 bits per heavy atom. The summed E-state index contributed by atoms with van der Waals surface area (Å²) in [6.07, 6.45) is 0.562. The third-order valence-corrected chi connectivity index (χ3v) is 5.77. The van der Waals surface area contributed by atoms with Gasteiger partial charge in [-0.3, -0.25) is 4.79 Å². The number of carbonyl (C=O) groups excluding carboxylic acids is 1. The van der Waals surface area contributed by atoms with Crippen LogP contribution in [0.3, 0.4) is 0 Å². The highest BCUT2D eigenvalue weighted by Gasteiger charge is 2.09. The fourth-order valence-corrected chi connectivity index (χ4v) is 3.68. The van der Waals surface area contributed by atoms with Crippen molar-refractivity contribution in [2.75, 3.05) is 56.7 Å². The number of hydrogen-bond acceptors (Lipinski definition) is 11. The molecule has 0 atom stereocenters. The van der Waals surface area contributed by atoms with Gasteiger partial charge in [0.25, 0.3) is 5.91 Å². The number of ether oxygens (including phenoxy) is 3. The lowest BCUT2D eigenvalue weighted by Gasteiger charge is -2.11. The van der Waals surface area contributed by atoms with E-state index in [0.717, 1.165) is 5.56 Å². The number of benzene rings is 3. The summed E-state index contributed by atoms with van der Waals surface area (Å²) in [7, 11) is 0. The van der Waals surface area contributed by atoms with Crippen LogP contribution in [0.5, 0.6) is 23.3 Å². The number of phenolic OH excluding ortho intramolecular Hbond substituents is 2. The summed E-state index contributed by atoms with van der Waals surface area (Å²) in [5, 5.41) is 28.3.